The van der Waals surface area contributed by atoms with E-state index in [4.69, 9.17) is 4.74 Å². The minimum atomic E-state index is -0.271. The van der Waals surface area contributed by atoms with Crippen molar-refractivity contribution >= 4 is 22.7 Å². The van der Waals surface area contributed by atoms with Crippen molar-refractivity contribution in [3.8, 4) is 11.3 Å². The number of anilines is 1. The Bertz CT molecular complexity index is 911. The van der Waals surface area contributed by atoms with Gasteiger partial charge in [0.15, 0.2) is 0 Å². The molecule has 1 aromatic heterocycles. The van der Waals surface area contributed by atoms with E-state index in [1.165, 1.54) is 36.3 Å². The fourth-order valence-corrected chi connectivity index (χ4v) is 3.53. The van der Waals surface area contributed by atoms with Gasteiger partial charge in [-0.25, -0.2) is 9.37 Å². The molecule has 152 valence electrons. The average Bonchev–Trinajstić information content (AvgIpc) is 3.22. The first-order valence-electron chi connectivity index (χ1n) is 9.92. The molecule has 0 atom stereocenters. The molecule has 3 rings (SSSR count). The van der Waals surface area contributed by atoms with Crippen LogP contribution in [-0.2, 0) is 11.3 Å². The Morgan fingerprint density at radius 1 is 1.14 bits per heavy atom. The van der Waals surface area contributed by atoms with E-state index in [0.717, 1.165) is 35.2 Å². The second-order valence-corrected chi connectivity index (χ2v) is 7.59. The third-order valence-corrected chi connectivity index (χ3v) is 5.19. The van der Waals surface area contributed by atoms with Crippen LogP contribution in [0.4, 0.5) is 9.52 Å². The van der Waals surface area contributed by atoms with Crippen LogP contribution in [-0.4, -0.2) is 17.8 Å². The molecule has 0 amide bonds. The molecule has 0 aliphatic carbocycles. The van der Waals surface area contributed by atoms with Crippen LogP contribution in [0.2, 0.25) is 0 Å². The van der Waals surface area contributed by atoms with Crippen molar-refractivity contribution in [2.75, 3.05) is 12.0 Å². The zero-order valence-electron chi connectivity index (χ0n) is 16.6. The summed E-state index contributed by atoms with van der Waals surface area (Å²) in [5.41, 5.74) is 6.55. The first-order chi connectivity index (χ1) is 14.3. The van der Waals surface area contributed by atoms with Gasteiger partial charge in [-0.1, -0.05) is 62.6 Å². The molecule has 0 spiro atoms. The van der Waals surface area contributed by atoms with Crippen LogP contribution in [0.15, 0.2) is 59.0 Å². The van der Waals surface area contributed by atoms with Crippen LogP contribution in [0, 0.1) is 5.82 Å². The molecule has 0 saturated heterocycles. The summed E-state index contributed by atoms with van der Waals surface area (Å²) in [6.45, 7) is 3.24. The number of hydrogen-bond donors (Lipinski definition) is 1. The number of halogens is 1. The number of unbranched alkanes of at least 4 members (excludes halogenated alkanes) is 3. The molecule has 0 aliphatic heterocycles. The molecule has 3 aromatic rings. The van der Waals surface area contributed by atoms with E-state index in [1.54, 1.807) is 12.3 Å². The quantitative estimate of drug-likeness (QED) is 0.223. The largest absolute Gasteiger partial charge is 0.377 e. The number of thiazole rings is 1. The van der Waals surface area contributed by atoms with Gasteiger partial charge in [0.1, 0.15) is 5.82 Å². The molecule has 29 heavy (non-hydrogen) atoms. The number of ether oxygens (including phenoxy) is 1. The van der Waals surface area contributed by atoms with Gasteiger partial charge in [0, 0.05) is 23.1 Å². The smallest absolute Gasteiger partial charge is 0.203 e. The molecule has 0 bridgehead atoms. The standard InChI is InChI=1S/C23H26FN3OS/c1-2-3-4-8-13-28-16-20-14-21(24)12-11-19(20)15-25-27-23-26-22(17-29-23)18-9-6-5-7-10-18/h5-7,9-12,14-15,17H,2-4,8,13,16H2,1H3,(H,26,27). The summed E-state index contributed by atoms with van der Waals surface area (Å²) in [4.78, 5) is 4.54. The Labute approximate surface area is 175 Å². The van der Waals surface area contributed by atoms with Crippen molar-refractivity contribution in [3.63, 3.8) is 0 Å². The molecule has 0 unspecified atom stereocenters. The zero-order valence-corrected chi connectivity index (χ0v) is 17.4. The monoisotopic (exact) mass is 411 g/mol. The van der Waals surface area contributed by atoms with Crippen molar-refractivity contribution in [1.82, 2.24) is 4.98 Å². The Kier molecular flexibility index (Phi) is 8.34. The van der Waals surface area contributed by atoms with Crippen molar-refractivity contribution in [1.29, 1.82) is 0 Å². The van der Waals surface area contributed by atoms with Crippen LogP contribution in [0.5, 0.6) is 0 Å². The van der Waals surface area contributed by atoms with E-state index >= 15 is 0 Å². The van der Waals surface area contributed by atoms with Gasteiger partial charge in [-0.3, -0.25) is 5.43 Å². The van der Waals surface area contributed by atoms with Crippen LogP contribution in [0.1, 0.15) is 43.7 Å². The van der Waals surface area contributed by atoms with Crippen LogP contribution in [0.3, 0.4) is 0 Å². The molecule has 2 aromatic carbocycles. The second-order valence-electron chi connectivity index (χ2n) is 6.73. The molecular formula is C23H26FN3OS. The fourth-order valence-electron chi connectivity index (χ4n) is 2.86. The van der Waals surface area contributed by atoms with Crippen LogP contribution < -0.4 is 5.43 Å². The topological polar surface area (TPSA) is 46.5 Å². The highest BCUT2D eigenvalue weighted by molar-refractivity contribution is 7.14. The SMILES string of the molecule is CCCCCCOCc1cc(F)ccc1C=NNc1nc(-c2ccccc2)cs1. The Morgan fingerprint density at radius 2 is 2.00 bits per heavy atom. The number of aromatic nitrogens is 1. The molecule has 4 nitrogen and oxygen atoms in total. The maximum absolute atomic E-state index is 13.6. The summed E-state index contributed by atoms with van der Waals surface area (Å²) in [6, 6.07) is 14.7. The molecule has 0 radical (unpaired) electrons. The molecular weight excluding hydrogens is 385 g/mol. The third kappa shape index (κ3) is 6.76. The summed E-state index contributed by atoms with van der Waals surface area (Å²) in [7, 11) is 0. The highest BCUT2D eigenvalue weighted by atomic mass is 32.1. The highest BCUT2D eigenvalue weighted by Gasteiger charge is 2.05. The van der Waals surface area contributed by atoms with E-state index in [2.05, 4.69) is 22.4 Å². The summed E-state index contributed by atoms with van der Waals surface area (Å²) in [6.07, 6.45) is 6.29. The van der Waals surface area contributed by atoms with Crippen molar-refractivity contribution < 1.29 is 9.13 Å². The number of nitrogens with one attached hydrogen (secondary N) is 1. The fraction of sp³-hybridized carbons (Fsp3) is 0.304. The molecule has 1 N–H and O–H groups in total. The van der Waals surface area contributed by atoms with Gasteiger partial charge in [0.25, 0.3) is 0 Å². The average molecular weight is 412 g/mol. The van der Waals surface area contributed by atoms with Gasteiger partial charge >= 0.3 is 0 Å². The van der Waals surface area contributed by atoms with Gasteiger partial charge in [-0.2, -0.15) is 5.10 Å². The van der Waals surface area contributed by atoms with Crippen LogP contribution >= 0.6 is 11.3 Å². The lowest BCUT2D eigenvalue weighted by Crippen LogP contribution is -2.01. The normalized spacial score (nSPS) is 11.2. The van der Waals surface area contributed by atoms with E-state index in [0.29, 0.717) is 18.3 Å². The van der Waals surface area contributed by atoms with E-state index < -0.39 is 0 Å². The lowest BCUT2D eigenvalue weighted by atomic mass is 10.1. The number of hydrazone groups is 1. The molecule has 0 fully saturated rings. The van der Waals surface area contributed by atoms with Gasteiger partial charge < -0.3 is 4.74 Å². The summed E-state index contributed by atoms with van der Waals surface area (Å²) in [5.74, 6) is -0.271. The summed E-state index contributed by atoms with van der Waals surface area (Å²) >= 11 is 1.49. The van der Waals surface area contributed by atoms with Gasteiger partial charge in [-0.05, 0) is 24.1 Å². The number of rotatable bonds is 11. The second kappa shape index (κ2) is 11.4. The minimum absolute atomic E-state index is 0.271. The van der Waals surface area contributed by atoms with Crippen molar-refractivity contribution in [2.24, 2.45) is 5.10 Å². The lowest BCUT2D eigenvalue weighted by Gasteiger charge is -2.08. The van der Waals surface area contributed by atoms with Crippen molar-refractivity contribution in [2.45, 2.75) is 39.2 Å². The van der Waals surface area contributed by atoms with Gasteiger partial charge in [0.2, 0.25) is 5.13 Å². The summed E-state index contributed by atoms with van der Waals surface area (Å²) < 4.78 is 19.4. The molecule has 0 aliphatic rings. The Morgan fingerprint density at radius 3 is 2.83 bits per heavy atom. The maximum atomic E-state index is 13.6. The minimum Gasteiger partial charge on any atom is -0.377 e. The first-order valence-corrected chi connectivity index (χ1v) is 10.8. The zero-order chi connectivity index (χ0) is 20.3. The predicted octanol–water partition coefficient (Wildman–Crippen LogP) is 6.49. The van der Waals surface area contributed by atoms with E-state index in [-0.39, 0.29) is 5.82 Å². The summed E-state index contributed by atoms with van der Waals surface area (Å²) in [5, 5.41) is 6.97. The van der Waals surface area contributed by atoms with Crippen molar-refractivity contribution in [3.05, 3.63) is 70.9 Å². The maximum Gasteiger partial charge on any atom is 0.203 e. The number of nitrogens with zero attached hydrogens (tertiary/aromatic N) is 2. The Hall–Kier alpha value is -2.57. The highest BCUT2D eigenvalue weighted by Crippen LogP contribution is 2.24. The van der Waals surface area contributed by atoms with E-state index in [9.17, 15) is 4.39 Å². The number of benzene rings is 2. The molecule has 6 heteroatoms. The Balaban J connectivity index is 1.57. The third-order valence-electron chi connectivity index (χ3n) is 4.44. The molecule has 0 saturated carbocycles. The van der Waals surface area contributed by atoms with Crippen LogP contribution in [0.25, 0.3) is 11.3 Å². The number of hydrogen-bond acceptors (Lipinski definition) is 5. The van der Waals surface area contributed by atoms with E-state index in [1.807, 2.05) is 35.7 Å². The first kappa shape index (κ1) is 21.1. The predicted molar refractivity (Wildman–Crippen MR) is 119 cm³/mol. The van der Waals surface area contributed by atoms with Gasteiger partial charge in [0.05, 0.1) is 18.5 Å². The lowest BCUT2D eigenvalue weighted by molar-refractivity contribution is 0.116. The van der Waals surface area contributed by atoms with Gasteiger partial charge in [-0.15, -0.1) is 11.3 Å². The molecule has 1 heterocycles.